The van der Waals surface area contributed by atoms with Crippen molar-refractivity contribution in [2.75, 3.05) is 5.32 Å². The Balaban J connectivity index is 1.76. The first-order valence-corrected chi connectivity index (χ1v) is 6.98. The van der Waals surface area contributed by atoms with Crippen molar-refractivity contribution in [2.45, 2.75) is 6.42 Å². The van der Waals surface area contributed by atoms with Crippen LogP contribution in [0.25, 0.3) is 10.8 Å². The third kappa shape index (κ3) is 3.17. The number of anilines is 1. The lowest BCUT2D eigenvalue weighted by molar-refractivity contribution is -0.115. The van der Waals surface area contributed by atoms with Crippen molar-refractivity contribution in [3.05, 3.63) is 72.1 Å². The van der Waals surface area contributed by atoms with Crippen LogP contribution in [0, 0.1) is 5.41 Å². The number of nitrogens with one attached hydrogen (secondary N) is 2. The number of benzene rings is 2. The quantitative estimate of drug-likeness (QED) is 0.723. The SMILES string of the molecule is N=Cc1ccc2cc(NC(=O)Cc3cccnc3)ccc2c1. The summed E-state index contributed by atoms with van der Waals surface area (Å²) in [6.45, 7) is 0. The van der Waals surface area contributed by atoms with Gasteiger partial charge in [0.2, 0.25) is 5.91 Å². The van der Waals surface area contributed by atoms with Gasteiger partial charge in [0.25, 0.3) is 0 Å². The normalized spacial score (nSPS) is 10.4. The number of fused-ring (bicyclic) bond motifs is 1. The van der Waals surface area contributed by atoms with Crippen LogP contribution in [-0.4, -0.2) is 17.1 Å². The van der Waals surface area contributed by atoms with Crippen LogP contribution < -0.4 is 5.32 Å². The smallest absolute Gasteiger partial charge is 0.228 e. The number of pyridine rings is 1. The summed E-state index contributed by atoms with van der Waals surface area (Å²) in [5.41, 5.74) is 2.52. The molecule has 0 aliphatic carbocycles. The fourth-order valence-corrected chi connectivity index (χ4v) is 2.33. The topological polar surface area (TPSA) is 65.8 Å². The molecular weight excluding hydrogens is 274 g/mol. The number of carbonyl (C=O) groups is 1. The maximum atomic E-state index is 12.0. The van der Waals surface area contributed by atoms with E-state index in [1.165, 1.54) is 6.21 Å². The van der Waals surface area contributed by atoms with Crippen LogP contribution in [0.5, 0.6) is 0 Å². The van der Waals surface area contributed by atoms with E-state index >= 15 is 0 Å². The zero-order valence-corrected chi connectivity index (χ0v) is 11.9. The largest absolute Gasteiger partial charge is 0.326 e. The molecule has 0 saturated carbocycles. The summed E-state index contributed by atoms with van der Waals surface area (Å²) in [7, 11) is 0. The Hall–Kier alpha value is -3.01. The van der Waals surface area contributed by atoms with Gasteiger partial charge in [0.15, 0.2) is 0 Å². The Morgan fingerprint density at radius 2 is 1.95 bits per heavy atom. The standard InChI is InChI=1S/C18H15N3O/c19-11-13-3-4-16-10-17(6-5-15(16)8-13)21-18(22)9-14-2-1-7-20-12-14/h1-8,10-12,19H,9H2,(H,21,22). The van der Waals surface area contributed by atoms with Crippen molar-refractivity contribution < 1.29 is 4.79 Å². The second-order valence-electron chi connectivity index (χ2n) is 5.05. The molecule has 108 valence electrons. The highest BCUT2D eigenvalue weighted by atomic mass is 16.1. The molecule has 3 rings (SSSR count). The predicted octanol–water partition coefficient (Wildman–Crippen LogP) is 3.41. The van der Waals surface area contributed by atoms with Crippen molar-refractivity contribution in [1.29, 1.82) is 5.41 Å². The molecule has 0 atom stereocenters. The van der Waals surface area contributed by atoms with E-state index in [0.29, 0.717) is 6.42 Å². The summed E-state index contributed by atoms with van der Waals surface area (Å²) in [6.07, 6.45) is 5.01. The molecule has 1 aromatic heterocycles. The zero-order valence-electron chi connectivity index (χ0n) is 11.9. The minimum absolute atomic E-state index is 0.0662. The number of hydrogen-bond acceptors (Lipinski definition) is 3. The molecule has 4 heteroatoms. The molecular formula is C18H15N3O. The van der Waals surface area contributed by atoms with E-state index in [1.54, 1.807) is 12.4 Å². The summed E-state index contributed by atoms with van der Waals surface area (Å²) in [4.78, 5) is 16.1. The first-order valence-electron chi connectivity index (χ1n) is 6.98. The molecule has 0 fully saturated rings. The Kier molecular flexibility index (Phi) is 3.92. The van der Waals surface area contributed by atoms with Gasteiger partial charge in [0, 0.05) is 24.3 Å². The lowest BCUT2D eigenvalue weighted by atomic mass is 10.1. The highest BCUT2D eigenvalue weighted by molar-refractivity contribution is 5.96. The van der Waals surface area contributed by atoms with Crippen LogP contribution >= 0.6 is 0 Å². The number of rotatable bonds is 4. The molecule has 1 amide bonds. The van der Waals surface area contributed by atoms with Gasteiger partial charge in [0.05, 0.1) is 6.42 Å². The molecule has 0 radical (unpaired) electrons. The molecule has 0 aliphatic rings. The van der Waals surface area contributed by atoms with Gasteiger partial charge in [-0.05, 0) is 46.2 Å². The average Bonchev–Trinajstić information content (AvgIpc) is 2.55. The summed E-state index contributed by atoms with van der Waals surface area (Å²) in [6, 6.07) is 15.2. The van der Waals surface area contributed by atoms with Gasteiger partial charge in [0.1, 0.15) is 0 Å². The first kappa shape index (κ1) is 13.9. The van der Waals surface area contributed by atoms with Crippen LogP contribution in [0.1, 0.15) is 11.1 Å². The van der Waals surface area contributed by atoms with E-state index < -0.39 is 0 Å². The molecule has 0 unspecified atom stereocenters. The average molecular weight is 289 g/mol. The van der Waals surface area contributed by atoms with Crippen LogP contribution in [-0.2, 0) is 11.2 Å². The van der Waals surface area contributed by atoms with E-state index in [0.717, 1.165) is 27.6 Å². The van der Waals surface area contributed by atoms with Gasteiger partial charge in [-0.3, -0.25) is 9.78 Å². The summed E-state index contributed by atoms with van der Waals surface area (Å²) < 4.78 is 0. The Morgan fingerprint density at radius 1 is 1.14 bits per heavy atom. The molecule has 0 aliphatic heterocycles. The van der Waals surface area contributed by atoms with Crippen LogP contribution in [0.2, 0.25) is 0 Å². The molecule has 22 heavy (non-hydrogen) atoms. The van der Waals surface area contributed by atoms with Crippen molar-refractivity contribution in [3.63, 3.8) is 0 Å². The predicted molar refractivity (Wildman–Crippen MR) is 88.4 cm³/mol. The molecule has 1 heterocycles. The van der Waals surface area contributed by atoms with Crippen molar-refractivity contribution in [3.8, 4) is 0 Å². The maximum absolute atomic E-state index is 12.0. The molecule has 0 bridgehead atoms. The molecule has 2 N–H and O–H groups in total. The van der Waals surface area contributed by atoms with Crippen molar-refractivity contribution >= 4 is 28.6 Å². The fraction of sp³-hybridized carbons (Fsp3) is 0.0556. The van der Waals surface area contributed by atoms with Crippen LogP contribution in [0.4, 0.5) is 5.69 Å². The number of carbonyl (C=O) groups excluding carboxylic acids is 1. The third-order valence-corrected chi connectivity index (χ3v) is 3.40. The lowest BCUT2D eigenvalue weighted by Gasteiger charge is -2.07. The van der Waals surface area contributed by atoms with Crippen LogP contribution in [0.15, 0.2) is 60.9 Å². The first-order chi connectivity index (χ1) is 10.7. The molecule has 3 aromatic rings. The van der Waals surface area contributed by atoms with Crippen molar-refractivity contribution in [1.82, 2.24) is 4.98 Å². The molecule has 2 aromatic carbocycles. The summed E-state index contributed by atoms with van der Waals surface area (Å²) in [5, 5.41) is 12.3. The summed E-state index contributed by atoms with van der Waals surface area (Å²) >= 11 is 0. The number of nitrogens with zero attached hydrogens (tertiary/aromatic N) is 1. The Labute approximate surface area is 128 Å². The number of hydrogen-bond donors (Lipinski definition) is 2. The summed E-state index contributed by atoms with van der Waals surface area (Å²) in [5.74, 6) is -0.0662. The monoisotopic (exact) mass is 289 g/mol. The van der Waals surface area contributed by atoms with Crippen molar-refractivity contribution in [2.24, 2.45) is 0 Å². The van der Waals surface area contributed by atoms with Gasteiger partial charge in [-0.1, -0.05) is 24.3 Å². The molecule has 0 spiro atoms. The Bertz CT molecular complexity index is 828. The van der Waals surface area contributed by atoms with Gasteiger partial charge in [-0.15, -0.1) is 0 Å². The minimum Gasteiger partial charge on any atom is -0.326 e. The minimum atomic E-state index is -0.0662. The molecule has 0 saturated heterocycles. The maximum Gasteiger partial charge on any atom is 0.228 e. The Morgan fingerprint density at radius 3 is 2.73 bits per heavy atom. The fourth-order valence-electron chi connectivity index (χ4n) is 2.33. The van der Waals surface area contributed by atoms with Crippen LogP contribution in [0.3, 0.4) is 0 Å². The van der Waals surface area contributed by atoms with E-state index in [9.17, 15) is 4.79 Å². The van der Waals surface area contributed by atoms with E-state index in [1.807, 2.05) is 48.5 Å². The highest BCUT2D eigenvalue weighted by Gasteiger charge is 2.05. The second-order valence-corrected chi connectivity index (χ2v) is 5.05. The van der Waals surface area contributed by atoms with E-state index in [-0.39, 0.29) is 5.91 Å². The van der Waals surface area contributed by atoms with Gasteiger partial charge in [-0.2, -0.15) is 0 Å². The molecule has 4 nitrogen and oxygen atoms in total. The number of amides is 1. The highest BCUT2D eigenvalue weighted by Crippen LogP contribution is 2.20. The zero-order chi connectivity index (χ0) is 15.4. The van der Waals surface area contributed by atoms with Gasteiger partial charge < -0.3 is 10.7 Å². The third-order valence-electron chi connectivity index (χ3n) is 3.40. The van der Waals surface area contributed by atoms with Gasteiger partial charge >= 0.3 is 0 Å². The second kappa shape index (κ2) is 6.18. The number of aromatic nitrogens is 1. The van der Waals surface area contributed by atoms with E-state index in [2.05, 4.69) is 10.3 Å². The lowest BCUT2D eigenvalue weighted by Crippen LogP contribution is -2.14. The van der Waals surface area contributed by atoms with E-state index in [4.69, 9.17) is 5.41 Å². The van der Waals surface area contributed by atoms with Gasteiger partial charge in [-0.25, -0.2) is 0 Å².